The van der Waals surface area contributed by atoms with E-state index in [1.165, 1.54) is 0 Å². The minimum absolute atomic E-state index is 0.818. The third-order valence-electron chi connectivity index (χ3n) is 2.11. The fourth-order valence-electron chi connectivity index (χ4n) is 1.31. The predicted octanol–water partition coefficient (Wildman–Crippen LogP) is 2.20. The standard InChI is InChI=1S/C11H14N4S/c1-8-3-4-10(15-14-8)12-6-5-11-13-9(2)7-16-11/h3-4,7H,5-6H2,1-2H3,(H,12,15). The number of nitrogens with one attached hydrogen (secondary N) is 1. The Labute approximate surface area is 98.8 Å². The lowest BCUT2D eigenvalue weighted by atomic mass is 10.4. The Morgan fingerprint density at radius 3 is 2.69 bits per heavy atom. The molecule has 2 heterocycles. The Balaban J connectivity index is 1.82. The lowest BCUT2D eigenvalue weighted by Crippen LogP contribution is -2.06. The van der Waals surface area contributed by atoms with Gasteiger partial charge in [-0.05, 0) is 26.0 Å². The van der Waals surface area contributed by atoms with Crippen molar-refractivity contribution in [3.8, 4) is 0 Å². The van der Waals surface area contributed by atoms with E-state index in [1.54, 1.807) is 11.3 Å². The molecule has 0 atom stereocenters. The second-order valence-electron chi connectivity index (χ2n) is 3.62. The highest BCUT2D eigenvalue weighted by Gasteiger charge is 1.99. The molecule has 0 aliphatic heterocycles. The van der Waals surface area contributed by atoms with Gasteiger partial charge < -0.3 is 5.32 Å². The van der Waals surface area contributed by atoms with Gasteiger partial charge in [-0.2, -0.15) is 5.10 Å². The van der Waals surface area contributed by atoms with Crippen molar-refractivity contribution in [3.63, 3.8) is 0 Å². The van der Waals surface area contributed by atoms with E-state index in [0.717, 1.165) is 35.2 Å². The first-order valence-corrected chi connectivity index (χ1v) is 6.07. The maximum atomic E-state index is 4.40. The number of rotatable bonds is 4. The van der Waals surface area contributed by atoms with Gasteiger partial charge in [0.15, 0.2) is 0 Å². The van der Waals surface area contributed by atoms with Crippen LogP contribution < -0.4 is 5.32 Å². The molecule has 4 nitrogen and oxygen atoms in total. The number of hydrogen-bond donors (Lipinski definition) is 1. The van der Waals surface area contributed by atoms with E-state index < -0.39 is 0 Å². The lowest BCUT2D eigenvalue weighted by Gasteiger charge is -2.02. The van der Waals surface area contributed by atoms with Gasteiger partial charge in [-0.3, -0.25) is 0 Å². The van der Waals surface area contributed by atoms with Crippen molar-refractivity contribution in [1.29, 1.82) is 0 Å². The lowest BCUT2D eigenvalue weighted by molar-refractivity contribution is 0.936. The monoisotopic (exact) mass is 234 g/mol. The first kappa shape index (κ1) is 11.0. The van der Waals surface area contributed by atoms with Crippen molar-refractivity contribution in [2.45, 2.75) is 20.3 Å². The first-order valence-electron chi connectivity index (χ1n) is 5.19. The van der Waals surface area contributed by atoms with E-state index in [-0.39, 0.29) is 0 Å². The molecule has 2 aromatic heterocycles. The summed E-state index contributed by atoms with van der Waals surface area (Å²) in [6, 6.07) is 3.89. The van der Waals surface area contributed by atoms with E-state index in [4.69, 9.17) is 0 Å². The van der Waals surface area contributed by atoms with Crippen LogP contribution >= 0.6 is 11.3 Å². The minimum Gasteiger partial charge on any atom is -0.368 e. The summed E-state index contributed by atoms with van der Waals surface area (Å²) in [4.78, 5) is 4.40. The summed E-state index contributed by atoms with van der Waals surface area (Å²) in [5, 5.41) is 14.5. The molecule has 0 radical (unpaired) electrons. The van der Waals surface area contributed by atoms with Crippen molar-refractivity contribution in [1.82, 2.24) is 15.2 Å². The van der Waals surface area contributed by atoms with Crippen LogP contribution in [-0.4, -0.2) is 21.7 Å². The average molecular weight is 234 g/mol. The normalized spacial score (nSPS) is 10.4. The topological polar surface area (TPSA) is 50.7 Å². The predicted molar refractivity (Wildman–Crippen MR) is 65.8 cm³/mol. The summed E-state index contributed by atoms with van der Waals surface area (Å²) in [6.45, 7) is 4.78. The number of anilines is 1. The van der Waals surface area contributed by atoms with Crippen LogP contribution in [0, 0.1) is 13.8 Å². The maximum absolute atomic E-state index is 4.40. The SMILES string of the molecule is Cc1ccc(NCCc2nc(C)cs2)nn1. The van der Waals surface area contributed by atoms with Gasteiger partial charge in [0.1, 0.15) is 5.82 Å². The molecule has 2 aromatic rings. The molecule has 0 aliphatic rings. The van der Waals surface area contributed by atoms with Gasteiger partial charge in [-0.25, -0.2) is 4.98 Å². The summed E-state index contributed by atoms with van der Waals surface area (Å²) in [5.74, 6) is 0.818. The molecule has 0 saturated heterocycles. The summed E-state index contributed by atoms with van der Waals surface area (Å²) in [7, 11) is 0. The Bertz CT molecular complexity index is 449. The first-order chi connectivity index (χ1) is 7.74. The number of aromatic nitrogens is 3. The molecule has 5 heteroatoms. The van der Waals surface area contributed by atoms with E-state index >= 15 is 0 Å². The molecule has 0 aromatic carbocycles. The molecular formula is C11H14N4S. The van der Waals surface area contributed by atoms with Gasteiger partial charge in [0, 0.05) is 24.0 Å². The molecule has 1 N–H and O–H groups in total. The quantitative estimate of drug-likeness (QED) is 0.881. The number of thiazole rings is 1. The average Bonchev–Trinajstić information content (AvgIpc) is 2.67. The van der Waals surface area contributed by atoms with E-state index in [1.807, 2.05) is 26.0 Å². The molecule has 0 bridgehead atoms. The highest BCUT2D eigenvalue weighted by atomic mass is 32.1. The van der Waals surface area contributed by atoms with Crippen molar-refractivity contribution in [2.75, 3.05) is 11.9 Å². The largest absolute Gasteiger partial charge is 0.368 e. The second kappa shape index (κ2) is 5.03. The van der Waals surface area contributed by atoms with Gasteiger partial charge >= 0.3 is 0 Å². The van der Waals surface area contributed by atoms with Gasteiger partial charge in [-0.15, -0.1) is 16.4 Å². The van der Waals surface area contributed by atoms with Crippen LogP contribution in [0.4, 0.5) is 5.82 Å². The van der Waals surface area contributed by atoms with Crippen molar-refractivity contribution >= 4 is 17.2 Å². The highest BCUT2D eigenvalue weighted by molar-refractivity contribution is 7.09. The van der Waals surface area contributed by atoms with Gasteiger partial charge in [0.25, 0.3) is 0 Å². The van der Waals surface area contributed by atoms with E-state index in [9.17, 15) is 0 Å². The molecule has 0 aliphatic carbocycles. The van der Waals surface area contributed by atoms with Crippen LogP contribution in [0.2, 0.25) is 0 Å². The van der Waals surface area contributed by atoms with Crippen LogP contribution in [0.25, 0.3) is 0 Å². The van der Waals surface area contributed by atoms with Crippen LogP contribution in [0.5, 0.6) is 0 Å². The Morgan fingerprint density at radius 2 is 2.06 bits per heavy atom. The van der Waals surface area contributed by atoms with E-state index in [0.29, 0.717) is 0 Å². The zero-order chi connectivity index (χ0) is 11.4. The summed E-state index contributed by atoms with van der Waals surface area (Å²) in [5.41, 5.74) is 2.02. The highest BCUT2D eigenvalue weighted by Crippen LogP contribution is 2.09. The van der Waals surface area contributed by atoms with Crippen LogP contribution in [0.15, 0.2) is 17.5 Å². The molecule has 0 amide bonds. The molecule has 2 rings (SSSR count). The fourth-order valence-corrected chi connectivity index (χ4v) is 2.08. The van der Waals surface area contributed by atoms with Crippen molar-refractivity contribution in [2.24, 2.45) is 0 Å². The van der Waals surface area contributed by atoms with Gasteiger partial charge in [-0.1, -0.05) is 0 Å². The Hall–Kier alpha value is -1.49. The Kier molecular flexibility index (Phi) is 3.46. The second-order valence-corrected chi connectivity index (χ2v) is 4.56. The number of hydrogen-bond acceptors (Lipinski definition) is 5. The molecule has 0 saturated carbocycles. The molecule has 16 heavy (non-hydrogen) atoms. The third kappa shape index (κ3) is 3.00. The molecule has 84 valence electrons. The number of aryl methyl sites for hydroxylation is 2. The van der Waals surface area contributed by atoms with Crippen molar-refractivity contribution in [3.05, 3.63) is 33.9 Å². The smallest absolute Gasteiger partial charge is 0.148 e. The van der Waals surface area contributed by atoms with Gasteiger partial charge in [0.05, 0.1) is 10.7 Å². The van der Waals surface area contributed by atoms with Crippen LogP contribution in [0.3, 0.4) is 0 Å². The Morgan fingerprint density at radius 1 is 1.19 bits per heavy atom. The fraction of sp³-hybridized carbons (Fsp3) is 0.364. The van der Waals surface area contributed by atoms with Gasteiger partial charge in [0.2, 0.25) is 0 Å². The van der Waals surface area contributed by atoms with Crippen LogP contribution in [0.1, 0.15) is 16.4 Å². The molecule has 0 fully saturated rings. The molecule has 0 spiro atoms. The summed E-state index contributed by atoms with van der Waals surface area (Å²) in [6.07, 6.45) is 0.925. The summed E-state index contributed by atoms with van der Waals surface area (Å²) < 4.78 is 0. The third-order valence-corrected chi connectivity index (χ3v) is 3.14. The zero-order valence-corrected chi connectivity index (χ0v) is 10.2. The van der Waals surface area contributed by atoms with E-state index in [2.05, 4.69) is 25.9 Å². The van der Waals surface area contributed by atoms with Crippen molar-refractivity contribution < 1.29 is 0 Å². The number of nitrogens with zero attached hydrogens (tertiary/aromatic N) is 3. The maximum Gasteiger partial charge on any atom is 0.148 e. The van der Waals surface area contributed by atoms with Crippen LogP contribution in [-0.2, 0) is 6.42 Å². The molecule has 0 unspecified atom stereocenters. The minimum atomic E-state index is 0.818. The zero-order valence-electron chi connectivity index (χ0n) is 9.40. The summed E-state index contributed by atoms with van der Waals surface area (Å²) >= 11 is 1.70. The molecular weight excluding hydrogens is 220 g/mol.